The van der Waals surface area contributed by atoms with Crippen LogP contribution in [0.5, 0.6) is 0 Å². The number of hydrogen-bond acceptors (Lipinski definition) is 2. The monoisotopic (exact) mass is 343 g/mol. The van der Waals surface area contributed by atoms with Crippen LogP contribution in [0.3, 0.4) is 0 Å². The molecule has 0 aliphatic carbocycles. The highest BCUT2D eigenvalue weighted by Crippen LogP contribution is 2.23. The molecule has 106 valence electrons. The van der Waals surface area contributed by atoms with Gasteiger partial charge in [-0.1, -0.05) is 15.9 Å². The standard InChI is InChI=1S/C16H14BrN3O/c1-9-6-11(3-5-14(9)17)20-16(21)13-8-19-15-7-10(18)2-4-12(13)15/h2-8,19H,18H2,1H3,(H,20,21). The summed E-state index contributed by atoms with van der Waals surface area (Å²) in [6.07, 6.45) is 1.70. The number of nitrogen functional groups attached to an aromatic ring is 1. The number of amides is 1. The lowest BCUT2D eigenvalue weighted by Gasteiger charge is -2.06. The molecule has 0 aliphatic heterocycles. The van der Waals surface area contributed by atoms with Crippen molar-refractivity contribution in [2.75, 3.05) is 11.1 Å². The number of aryl methyl sites for hydroxylation is 1. The Morgan fingerprint density at radius 3 is 2.81 bits per heavy atom. The van der Waals surface area contributed by atoms with Crippen molar-refractivity contribution < 1.29 is 4.79 Å². The summed E-state index contributed by atoms with van der Waals surface area (Å²) in [5.41, 5.74) is 9.70. The lowest BCUT2D eigenvalue weighted by atomic mass is 10.1. The molecule has 0 fully saturated rings. The average molecular weight is 344 g/mol. The molecule has 0 atom stereocenters. The highest BCUT2D eigenvalue weighted by molar-refractivity contribution is 9.10. The fourth-order valence-corrected chi connectivity index (χ4v) is 2.50. The van der Waals surface area contributed by atoms with E-state index in [1.807, 2.05) is 37.3 Å². The van der Waals surface area contributed by atoms with Crippen molar-refractivity contribution in [2.45, 2.75) is 6.92 Å². The van der Waals surface area contributed by atoms with Gasteiger partial charge in [-0.3, -0.25) is 4.79 Å². The zero-order valence-corrected chi connectivity index (χ0v) is 13.0. The molecule has 0 bridgehead atoms. The van der Waals surface area contributed by atoms with Gasteiger partial charge in [0, 0.05) is 32.9 Å². The van der Waals surface area contributed by atoms with Crippen molar-refractivity contribution >= 4 is 44.1 Å². The van der Waals surface area contributed by atoms with Crippen molar-refractivity contribution in [3.8, 4) is 0 Å². The summed E-state index contributed by atoms with van der Waals surface area (Å²) in [4.78, 5) is 15.5. The molecule has 0 aliphatic rings. The first kappa shape index (κ1) is 13.7. The molecule has 21 heavy (non-hydrogen) atoms. The Morgan fingerprint density at radius 2 is 2.05 bits per heavy atom. The molecule has 4 N–H and O–H groups in total. The molecule has 2 aromatic carbocycles. The number of aromatic amines is 1. The molecule has 4 nitrogen and oxygen atoms in total. The van der Waals surface area contributed by atoms with Gasteiger partial charge in [-0.2, -0.15) is 0 Å². The van der Waals surface area contributed by atoms with Gasteiger partial charge in [-0.05, 0) is 48.9 Å². The predicted molar refractivity (Wildman–Crippen MR) is 89.5 cm³/mol. The molecule has 0 radical (unpaired) electrons. The highest BCUT2D eigenvalue weighted by Gasteiger charge is 2.12. The molecular formula is C16H14BrN3O. The van der Waals surface area contributed by atoms with Crippen molar-refractivity contribution in [2.24, 2.45) is 0 Å². The zero-order valence-electron chi connectivity index (χ0n) is 11.4. The van der Waals surface area contributed by atoms with Crippen molar-refractivity contribution in [3.63, 3.8) is 0 Å². The Labute approximate surface area is 130 Å². The van der Waals surface area contributed by atoms with E-state index in [0.717, 1.165) is 26.6 Å². The number of fused-ring (bicyclic) bond motifs is 1. The van der Waals surface area contributed by atoms with E-state index in [2.05, 4.69) is 26.2 Å². The first-order valence-corrected chi connectivity index (χ1v) is 7.28. The Hall–Kier alpha value is -2.27. The van der Waals surface area contributed by atoms with Crippen LogP contribution in [0.2, 0.25) is 0 Å². The number of anilines is 2. The molecule has 3 aromatic rings. The van der Waals surface area contributed by atoms with Crippen LogP contribution in [0.1, 0.15) is 15.9 Å². The summed E-state index contributed by atoms with van der Waals surface area (Å²) < 4.78 is 1.02. The van der Waals surface area contributed by atoms with Gasteiger partial charge >= 0.3 is 0 Å². The number of aromatic nitrogens is 1. The van der Waals surface area contributed by atoms with Gasteiger partial charge in [0.05, 0.1) is 5.56 Å². The maximum atomic E-state index is 12.4. The minimum atomic E-state index is -0.146. The number of benzene rings is 2. The summed E-state index contributed by atoms with van der Waals surface area (Å²) in [6, 6.07) is 11.2. The van der Waals surface area contributed by atoms with Crippen LogP contribution >= 0.6 is 15.9 Å². The van der Waals surface area contributed by atoms with Crippen molar-refractivity contribution in [1.82, 2.24) is 4.98 Å². The van der Waals surface area contributed by atoms with Gasteiger partial charge in [0.15, 0.2) is 0 Å². The van der Waals surface area contributed by atoms with Crippen LogP contribution < -0.4 is 11.1 Å². The van der Waals surface area contributed by atoms with Crippen LogP contribution in [-0.4, -0.2) is 10.9 Å². The van der Waals surface area contributed by atoms with E-state index in [0.29, 0.717) is 11.3 Å². The number of carbonyl (C=O) groups excluding carboxylic acids is 1. The maximum Gasteiger partial charge on any atom is 0.257 e. The number of nitrogens with one attached hydrogen (secondary N) is 2. The number of hydrogen-bond donors (Lipinski definition) is 3. The molecule has 0 unspecified atom stereocenters. The number of halogens is 1. The number of carbonyl (C=O) groups is 1. The second kappa shape index (κ2) is 5.26. The molecule has 1 heterocycles. The van der Waals surface area contributed by atoms with E-state index in [1.54, 1.807) is 12.3 Å². The van der Waals surface area contributed by atoms with Gasteiger partial charge in [-0.25, -0.2) is 0 Å². The van der Waals surface area contributed by atoms with Crippen molar-refractivity contribution in [1.29, 1.82) is 0 Å². The molecule has 1 amide bonds. The third-order valence-corrected chi connectivity index (χ3v) is 4.26. The van der Waals surface area contributed by atoms with E-state index < -0.39 is 0 Å². The van der Waals surface area contributed by atoms with E-state index in [1.165, 1.54) is 0 Å². The average Bonchev–Trinajstić information content (AvgIpc) is 2.85. The number of nitrogens with two attached hydrogens (primary N) is 1. The third-order valence-electron chi connectivity index (χ3n) is 3.37. The van der Waals surface area contributed by atoms with Gasteiger partial charge in [0.2, 0.25) is 0 Å². The summed E-state index contributed by atoms with van der Waals surface area (Å²) >= 11 is 3.44. The SMILES string of the molecule is Cc1cc(NC(=O)c2c[nH]c3cc(N)ccc23)ccc1Br. The smallest absolute Gasteiger partial charge is 0.257 e. The fourth-order valence-electron chi connectivity index (χ4n) is 2.25. The number of H-pyrrole nitrogens is 1. The molecule has 0 spiro atoms. The minimum absolute atomic E-state index is 0.146. The first-order chi connectivity index (χ1) is 10.0. The molecular weight excluding hydrogens is 330 g/mol. The third kappa shape index (κ3) is 2.64. The van der Waals surface area contributed by atoms with Crippen LogP contribution in [0.25, 0.3) is 10.9 Å². The Bertz CT molecular complexity index is 839. The highest BCUT2D eigenvalue weighted by atomic mass is 79.9. The largest absolute Gasteiger partial charge is 0.399 e. The first-order valence-electron chi connectivity index (χ1n) is 6.49. The summed E-state index contributed by atoms with van der Waals surface area (Å²) in [6.45, 7) is 1.98. The Morgan fingerprint density at radius 1 is 1.24 bits per heavy atom. The molecule has 0 saturated heterocycles. The van der Waals surface area contributed by atoms with Gasteiger partial charge < -0.3 is 16.0 Å². The number of rotatable bonds is 2. The topological polar surface area (TPSA) is 70.9 Å². The normalized spacial score (nSPS) is 10.8. The van der Waals surface area contributed by atoms with Gasteiger partial charge in [0.1, 0.15) is 0 Å². The zero-order chi connectivity index (χ0) is 15.0. The molecule has 3 rings (SSSR count). The van der Waals surface area contributed by atoms with Gasteiger partial charge in [-0.15, -0.1) is 0 Å². The van der Waals surface area contributed by atoms with E-state index >= 15 is 0 Å². The van der Waals surface area contributed by atoms with Crippen LogP contribution in [0, 0.1) is 6.92 Å². The minimum Gasteiger partial charge on any atom is -0.399 e. The molecule has 0 saturated carbocycles. The van der Waals surface area contributed by atoms with Crippen LogP contribution in [-0.2, 0) is 0 Å². The fraction of sp³-hybridized carbons (Fsp3) is 0.0625. The maximum absolute atomic E-state index is 12.4. The van der Waals surface area contributed by atoms with E-state index in [9.17, 15) is 4.79 Å². The van der Waals surface area contributed by atoms with Crippen LogP contribution in [0.4, 0.5) is 11.4 Å². The van der Waals surface area contributed by atoms with Crippen LogP contribution in [0.15, 0.2) is 47.1 Å². The van der Waals surface area contributed by atoms with Crippen molar-refractivity contribution in [3.05, 3.63) is 58.2 Å². The molecule has 1 aromatic heterocycles. The quantitative estimate of drug-likeness (QED) is 0.613. The van der Waals surface area contributed by atoms with Gasteiger partial charge in [0.25, 0.3) is 5.91 Å². The summed E-state index contributed by atoms with van der Waals surface area (Å²) in [7, 11) is 0. The summed E-state index contributed by atoms with van der Waals surface area (Å²) in [5, 5.41) is 3.77. The Kier molecular flexibility index (Phi) is 3.43. The predicted octanol–water partition coefficient (Wildman–Crippen LogP) is 4.07. The lowest BCUT2D eigenvalue weighted by molar-refractivity contribution is 0.102. The van der Waals surface area contributed by atoms with E-state index in [-0.39, 0.29) is 5.91 Å². The summed E-state index contributed by atoms with van der Waals surface area (Å²) in [5.74, 6) is -0.146. The second-order valence-corrected chi connectivity index (χ2v) is 5.78. The van der Waals surface area contributed by atoms with E-state index in [4.69, 9.17) is 5.73 Å². The molecule has 5 heteroatoms. The lowest BCUT2D eigenvalue weighted by Crippen LogP contribution is -2.11. The second-order valence-electron chi connectivity index (χ2n) is 4.93. The Balaban J connectivity index is 1.91.